The first-order valence-electron chi connectivity index (χ1n) is 4.26. The number of Topliss-reactive ketones (excluding diaryl/α,β-unsaturated/α-hetero) is 1. The van der Waals surface area contributed by atoms with Crippen LogP contribution in [-0.2, 0) is 29.9 Å². The summed E-state index contributed by atoms with van der Waals surface area (Å²) >= 11 is 0. The van der Waals surface area contributed by atoms with Crippen molar-refractivity contribution >= 4 is 22.6 Å². The van der Waals surface area contributed by atoms with Gasteiger partial charge in [0.25, 0.3) is 5.78 Å². The van der Waals surface area contributed by atoms with Crippen molar-refractivity contribution in [2.75, 3.05) is 19.0 Å². The second-order valence-corrected chi connectivity index (χ2v) is 4.77. The zero-order valence-electron chi connectivity index (χ0n) is 8.07. The molecule has 0 bridgehead atoms. The van der Waals surface area contributed by atoms with Gasteiger partial charge in [0.05, 0.1) is 29.8 Å². The Morgan fingerprint density at radius 1 is 1.57 bits per heavy atom. The van der Waals surface area contributed by atoms with E-state index in [4.69, 9.17) is 4.74 Å². The van der Waals surface area contributed by atoms with Gasteiger partial charge in [-0.05, 0) is 13.8 Å². The van der Waals surface area contributed by atoms with E-state index in [1.165, 1.54) is 6.92 Å². The van der Waals surface area contributed by atoms with Crippen LogP contribution in [-0.4, -0.2) is 39.9 Å². The van der Waals surface area contributed by atoms with Gasteiger partial charge in [0.15, 0.2) is 0 Å². The highest BCUT2D eigenvalue weighted by Crippen LogP contribution is 2.23. The zero-order valence-corrected chi connectivity index (χ0v) is 8.89. The minimum atomic E-state index is -1.51. The molecule has 0 aromatic heterocycles. The van der Waals surface area contributed by atoms with Crippen LogP contribution in [0, 0.1) is 0 Å². The van der Waals surface area contributed by atoms with E-state index in [0.29, 0.717) is 0 Å². The Hall–Kier alpha value is -0.750. The summed E-state index contributed by atoms with van der Waals surface area (Å²) in [6.45, 7) is 3.30. The van der Waals surface area contributed by atoms with E-state index < -0.39 is 27.5 Å². The second kappa shape index (κ2) is 4.18. The summed E-state index contributed by atoms with van der Waals surface area (Å²) in [4.78, 5) is 21.1. The largest absolute Gasteiger partial charge is 0.460 e. The number of rotatable bonds is 3. The number of ether oxygens (including phenoxy) is 2. The maximum Gasteiger partial charge on any atom is 0.378 e. The first-order chi connectivity index (χ1) is 6.52. The Kier molecular flexibility index (Phi) is 3.38. The summed E-state index contributed by atoms with van der Waals surface area (Å²) in [7, 11) is -1.45. The topological polar surface area (TPSA) is 69.7 Å². The molecule has 1 saturated heterocycles. The van der Waals surface area contributed by atoms with Crippen LogP contribution in [0.1, 0.15) is 13.8 Å². The zero-order chi connectivity index (χ0) is 10.8. The fourth-order valence-corrected chi connectivity index (χ4v) is 2.25. The van der Waals surface area contributed by atoms with Gasteiger partial charge in [-0.3, -0.25) is 9.00 Å². The van der Waals surface area contributed by atoms with Crippen molar-refractivity contribution in [3.8, 4) is 0 Å². The van der Waals surface area contributed by atoms with E-state index in [-0.39, 0.29) is 19.0 Å². The number of hydrogen-bond donors (Lipinski definition) is 0. The van der Waals surface area contributed by atoms with Crippen LogP contribution in [0.4, 0.5) is 0 Å². The van der Waals surface area contributed by atoms with Crippen molar-refractivity contribution < 1.29 is 23.3 Å². The lowest BCUT2D eigenvalue weighted by atomic mass is 10.2. The van der Waals surface area contributed by atoms with E-state index in [1.807, 2.05) is 0 Å². The van der Waals surface area contributed by atoms with Crippen LogP contribution in [0.5, 0.6) is 0 Å². The highest BCUT2D eigenvalue weighted by Gasteiger charge is 2.48. The van der Waals surface area contributed by atoms with Gasteiger partial charge in [0.2, 0.25) is 4.93 Å². The molecule has 2 atom stereocenters. The van der Waals surface area contributed by atoms with Crippen molar-refractivity contribution in [2.24, 2.45) is 0 Å². The molecule has 0 spiro atoms. The summed E-state index contributed by atoms with van der Waals surface area (Å²) in [6.07, 6.45) is 0. The Balaban J connectivity index is 2.77. The first kappa shape index (κ1) is 11.3. The molecule has 1 aliphatic heterocycles. The van der Waals surface area contributed by atoms with E-state index >= 15 is 0 Å². The Morgan fingerprint density at radius 3 is 2.64 bits per heavy atom. The average Bonchev–Trinajstić information content (AvgIpc) is 2.47. The number of esters is 1. The van der Waals surface area contributed by atoms with E-state index in [1.54, 1.807) is 6.92 Å². The van der Waals surface area contributed by atoms with Gasteiger partial charge in [0.1, 0.15) is 0 Å². The minimum absolute atomic E-state index is 0.118. The van der Waals surface area contributed by atoms with Gasteiger partial charge in [-0.2, -0.15) is 0 Å². The molecule has 6 heteroatoms. The van der Waals surface area contributed by atoms with Crippen LogP contribution in [0.25, 0.3) is 0 Å². The van der Waals surface area contributed by atoms with E-state index in [0.717, 1.165) is 0 Å². The lowest BCUT2D eigenvalue weighted by Gasteiger charge is -2.18. The van der Waals surface area contributed by atoms with Gasteiger partial charge in [0, 0.05) is 0 Å². The first-order valence-corrected chi connectivity index (χ1v) is 5.58. The molecule has 14 heavy (non-hydrogen) atoms. The van der Waals surface area contributed by atoms with E-state index in [2.05, 4.69) is 4.74 Å². The molecule has 1 rings (SSSR count). The third-order valence-electron chi connectivity index (χ3n) is 1.95. The highest BCUT2D eigenvalue weighted by atomic mass is 32.2. The molecule has 0 aliphatic carbocycles. The second-order valence-electron chi connectivity index (χ2n) is 2.89. The van der Waals surface area contributed by atoms with Crippen LogP contribution in [0.3, 0.4) is 0 Å². The number of carbonyl (C=O) groups excluding carboxylic acids is 2. The van der Waals surface area contributed by atoms with Gasteiger partial charge in [-0.15, -0.1) is 0 Å². The van der Waals surface area contributed by atoms with E-state index in [9.17, 15) is 13.8 Å². The molecule has 5 nitrogen and oxygen atoms in total. The van der Waals surface area contributed by atoms with Gasteiger partial charge < -0.3 is 9.47 Å². The van der Waals surface area contributed by atoms with Crippen molar-refractivity contribution in [1.82, 2.24) is 0 Å². The van der Waals surface area contributed by atoms with Crippen LogP contribution in [0.2, 0.25) is 0 Å². The third kappa shape index (κ3) is 1.85. The molecule has 0 radical (unpaired) electrons. The molecule has 0 aromatic carbocycles. The highest BCUT2D eigenvalue weighted by molar-refractivity contribution is 7.87. The van der Waals surface area contributed by atoms with Crippen molar-refractivity contribution in [2.45, 2.75) is 18.8 Å². The van der Waals surface area contributed by atoms with Gasteiger partial charge in [-0.25, -0.2) is 4.79 Å². The number of hydrogen-bond acceptors (Lipinski definition) is 5. The summed E-state index contributed by atoms with van der Waals surface area (Å²) in [6, 6.07) is 0. The predicted octanol–water partition coefficient (Wildman–Crippen LogP) is -0.386. The Morgan fingerprint density at radius 2 is 2.21 bits per heavy atom. The van der Waals surface area contributed by atoms with Crippen LogP contribution in [0.15, 0.2) is 0 Å². The van der Waals surface area contributed by atoms with Gasteiger partial charge >= 0.3 is 5.97 Å². The average molecular weight is 220 g/mol. The third-order valence-corrected chi connectivity index (χ3v) is 3.66. The maximum atomic E-state index is 11.5. The molecule has 0 saturated carbocycles. The Bertz CT molecular complexity index is 287. The summed E-state index contributed by atoms with van der Waals surface area (Å²) in [5, 5.41) is 0. The fourth-order valence-electron chi connectivity index (χ4n) is 1.12. The molecule has 1 unspecified atom stereocenters. The molecule has 0 aromatic rings. The van der Waals surface area contributed by atoms with Crippen LogP contribution >= 0.6 is 0 Å². The molecular weight excluding hydrogens is 208 g/mol. The fraction of sp³-hybridized carbons (Fsp3) is 0.750. The molecular formula is C8H12O5S. The standard InChI is InChI=1S/C8H12O5S/c1-3-12-7(10)6(9)8(2)13-4-5-14(8)11/h3-5H2,1-2H3/t8-,14?/m0/s1. The number of ketones is 1. The SMILES string of the molecule is CCOC(=O)C(=O)[C@@]1(C)OCCS1=O. The lowest BCUT2D eigenvalue weighted by Crippen LogP contribution is -2.43. The van der Waals surface area contributed by atoms with Crippen molar-refractivity contribution in [3.05, 3.63) is 0 Å². The maximum absolute atomic E-state index is 11.5. The summed E-state index contributed by atoms with van der Waals surface area (Å²) in [5.41, 5.74) is 0. The normalized spacial score (nSPS) is 31.4. The molecule has 80 valence electrons. The smallest absolute Gasteiger partial charge is 0.378 e. The summed E-state index contributed by atoms with van der Waals surface area (Å²) < 4.78 is 21.0. The minimum Gasteiger partial charge on any atom is -0.460 e. The van der Waals surface area contributed by atoms with Crippen LogP contribution < -0.4 is 0 Å². The molecule has 0 amide bonds. The molecule has 1 aliphatic rings. The lowest BCUT2D eigenvalue weighted by molar-refractivity contribution is -0.159. The summed E-state index contributed by atoms with van der Waals surface area (Å²) in [5.74, 6) is -1.57. The molecule has 0 N–H and O–H groups in total. The quantitative estimate of drug-likeness (QED) is 0.478. The molecule has 1 heterocycles. The van der Waals surface area contributed by atoms with Crippen molar-refractivity contribution in [3.63, 3.8) is 0 Å². The van der Waals surface area contributed by atoms with Crippen molar-refractivity contribution in [1.29, 1.82) is 0 Å². The Labute approximate surface area is 84.2 Å². The molecule has 1 fully saturated rings. The number of carbonyl (C=O) groups is 2. The predicted molar refractivity (Wildman–Crippen MR) is 49.0 cm³/mol. The van der Waals surface area contributed by atoms with Gasteiger partial charge in [-0.1, -0.05) is 0 Å². The monoisotopic (exact) mass is 220 g/mol.